The molecule has 84 valence electrons. The van der Waals surface area contributed by atoms with E-state index in [-0.39, 0.29) is 0 Å². The number of aryl methyl sites for hydroxylation is 1. The summed E-state index contributed by atoms with van der Waals surface area (Å²) in [6.45, 7) is 0. The van der Waals surface area contributed by atoms with Crippen molar-refractivity contribution in [2.24, 2.45) is 11.8 Å². The van der Waals surface area contributed by atoms with Gasteiger partial charge in [0.1, 0.15) is 0 Å². The molecule has 3 aliphatic rings. The lowest BCUT2D eigenvalue weighted by Crippen LogP contribution is -2.14. The Morgan fingerprint density at radius 2 is 2.06 bits per heavy atom. The topological polar surface area (TPSA) is 0 Å². The van der Waals surface area contributed by atoms with Gasteiger partial charge in [-0.2, -0.15) is 0 Å². The van der Waals surface area contributed by atoms with Crippen LogP contribution in [0.5, 0.6) is 0 Å². The number of rotatable bonds is 2. The molecule has 1 spiro atoms. The van der Waals surface area contributed by atoms with E-state index in [1.165, 1.54) is 44.9 Å². The van der Waals surface area contributed by atoms with E-state index in [1.54, 1.807) is 11.1 Å². The molecular weight excluding hydrogens is 192 g/mol. The Balaban J connectivity index is 1.57. The van der Waals surface area contributed by atoms with Crippen LogP contribution in [0, 0.1) is 11.8 Å². The van der Waals surface area contributed by atoms with Crippen molar-refractivity contribution in [1.29, 1.82) is 0 Å². The molecule has 3 aliphatic carbocycles. The van der Waals surface area contributed by atoms with Crippen molar-refractivity contribution in [2.75, 3.05) is 0 Å². The van der Waals surface area contributed by atoms with Gasteiger partial charge in [0, 0.05) is 0 Å². The van der Waals surface area contributed by atoms with Gasteiger partial charge in [-0.1, -0.05) is 43.5 Å². The van der Waals surface area contributed by atoms with E-state index >= 15 is 0 Å². The summed E-state index contributed by atoms with van der Waals surface area (Å²) in [5.74, 6) is 2.14. The standard InChI is InChI=1S/C16H20/c1-2-7-15-13(6-1)8-9-16(15)11-14(16)10-12-4-3-5-12/h1-2,6-7,12,14H,3-5,8-11H2. The second kappa shape index (κ2) is 3.12. The van der Waals surface area contributed by atoms with Gasteiger partial charge < -0.3 is 0 Å². The van der Waals surface area contributed by atoms with Crippen LogP contribution in [0.1, 0.15) is 49.7 Å². The van der Waals surface area contributed by atoms with Crippen molar-refractivity contribution in [3.63, 3.8) is 0 Å². The molecule has 2 atom stereocenters. The first-order chi connectivity index (χ1) is 7.88. The summed E-state index contributed by atoms with van der Waals surface area (Å²) in [4.78, 5) is 0. The Kier molecular flexibility index (Phi) is 1.81. The minimum Gasteiger partial charge on any atom is -0.0620 e. The molecule has 0 heteroatoms. The zero-order valence-corrected chi connectivity index (χ0v) is 9.91. The number of fused-ring (bicyclic) bond motifs is 2. The van der Waals surface area contributed by atoms with Gasteiger partial charge in [0.2, 0.25) is 0 Å². The quantitative estimate of drug-likeness (QED) is 0.693. The van der Waals surface area contributed by atoms with E-state index in [4.69, 9.17) is 0 Å². The average molecular weight is 212 g/mol. The Hall–Kier alpha value is -0.780. The molecule has 2 fully saturated rings. The SMILES string of the molecule is c1ccc2c(c1)CCC21CC1CC1CCC1. The summed E-state index contributed by atoms with van der Waals surface area (Å²) in [6, 6.07) is 9.21. The maximum Gasteiger partial charge on any atom is -0.000950 e. The molecule has 1 aromatic rings. The summed E-state index contributed by atoms with van der Waals surface area (Å²) < 4.78 is 0. The second-order valence-electron chi connectivity index (χ2n) is 6.25. The Labute approximate surface area is 98.1 Å². The van der Waals surface area contributed by atoms with Gasteiger partial charge in [0.15, 0.2) is 0 Å². The first-order valence-electron chi connectivity index (χ1n) is 6.97. The molecule has 0 amide bonds. The van der Waals surface area contributed by atoms with E-state index in [0.717, 1.165) is 11.8 Å². The van der Waals surface area contributed by atoms with Crippen LogP contribution in [0.25, 0.3) is 0 Å². The zero-order chi connectivity index (χ0) is 10.6. The first kappa shape index (κ1) is 9.27. The van der Waals surface area contributed by atoms with Gasteiger partial charge in [-0.3, -0.25) is 0 Å². The molecule has 2 unspecified atom stereocenters. The van der Waals surface area contributed by atoms with Crippen LogP contribution in [0.4, 0.5) is 0 Å². The molecule has 0 nitrogen and oxygen atoms in total. The van der Waals surface area contributed by atoms with Crippen LogP contribution >= 0.6 is 0 Å². The summed E-state index contributed by atoms with van der Waals surface area (Å²) in [7, 11) is 0. The van der Waals surface area contributed by atoms with Crippen LogP contribution in [-0.2, 0) is 11.8 Å². The fourth-order valence-corrected chi connectivity index (χ4v) is 4.17. The third kappa shape index (κ3) is 1.16. The van der Waals surface area contributed by atoms with Crippen LogP contribution in [0.15, 0.2) is 24.3 Å². The number of hydrogen-bond donors (Lipinski definition) is 0. The molecule has 2 saturated carbocycles. The van der Waals surface area contributed by atoms with Crippen LogP contribution in [0.3, 0.4) is 0 Å². The fourth-order valence-electron chi connectivity index (χ4n) is 4.17. The number of benzene rings is 1. The minimum absolute atomic E-state index is 0.659. The molecule has 0 bridgehead atoms. The highest BCUT2D eigenvalue weighted by Gasteiger charge is 2.57. The van der Waals surface area contributed by atoms with E-state index < -0.39 is 0 Å². The van der Waals surface area contributed by atoms with Crippen molar-refractivity contribution in [1.82, 2.24) is 0 Å². The Morgan fingerprint density at radius 3 is 2.88 bits per heavy atom. The number of hydrogen-bond acceptors (Lipinski definition) is 0. The lowest BCUT2D eigenvalue weighted by molar-refractivity contribution is 0.274. The van der Waals surface area contributed by atoms with E-state index in [1.807, 2.05) is 0 Å². The smallest absolute Gasteiger partial charge is 0.000950 e. The highest BCUT2D eigenvalue weighted by atomic mass is 14.6. The minimum atomic E-state index is 0.659. The van der Waals surface area contributed by atoms with E-state index in [2.05, 4.69) is 24.3 Å². The van der Waals surface area contributed by atoms with Crippen molar-refractivity contribution >= 4 is 0 Å². The molecule has 16 heavy (non-hydrogen) atoms. The van der Waals surface area contributed by atoms with Gasteiger partial charge in [-0.15, -0.1) is 0 Å². The summed E-state index contributed by atoms with van der Waals surface area (Å²) in [6.07, 6.45) is 10.4. The average Bonchev–Trinajstić information content (AvgIpc) is 2.82. The molecule has 0 aromatic heterocycles. The zero-order valence-electron chi connectivity index (χ0n) is 9.91. The molecule has 0 heterocycles. The third-order valence-electron chi connectivity index (χ3n) is 5.47. The predicted octanol–water partition coefficient (Wildman–Crippen LogP) is 4.08. The van der Waals surface area contributed by atoms with Gasteiger partial charge in [-0.05, 0) is 54.1 Å². The van der Waals surface area contributed by atoms with Gasteiger partial charge in [0.05, 0.1) is 0 Å². The first-order valence-corrected chi connectivity index (χ1v) is 6.97. The lowest BCUT2D eigenvalue weighted by Gasteiger charge is -2.26. The second-order valence-corrected chi connectivity index (χ2v) is 6.25. The van der Waals surface area contributed by atoms with Gasteiger partial charge in [-0.25, -0.2) is 0 Å². The van der Waals surface area contributed by atoms with Crippen molar-refractivity contribution in [3.8, 4) is 0 Å². The van der Waals surface area contributed by atoms with Crippen molar-refractivity contribution in [2.45, 2.75) is 50.4 Å². The monoisotopic (exact) mass is 212 g/mol. The summed E-state index contributed by atoms with van der Waals surface area (Å²) in [5, 5.41) is 0. The molecule has 0 N–H and O–H groups in total. The normalized spacial score (nSPS) is 36.1. The molecule has 0 saturated heterocycles. The largest absolute Gasteiger partial charge is 0.0620 e. The maximum atomic E-state index is 2.41. The van der Waals surface area contributed by atoms with Crippen molar-refractivity contribution in [3.05, 3.63) is 35.4 Å². The molecule has 0 radical (unpaired) electrons. The molecule has 1 aromatic carbocycles. The highest BCUT2D eigenvalue weighted by molar-refractivity contribution is 5.44. The lowest BCUT2D eigenvalue weighted by atomic mass is 9.80. The third-order valence-corrected chi connectivity index (χ3v) is 5.47. The Morgan fingerprint density at radius 1 is 1.19 bits per heavy atom. The van der Waals surface area contributed by atoms with Crippen molar-refractivity contribution < 1.29 is 0 Å². The van der Waals surface area contributed by atoms with Gasteiger partial charge in [0.25, 0.3) is 0 Å². The van der Waals surface area contributed by atoms with E-state index in [9.17, 15) is 0 Å². The van der Waals surface area contributed by atoms with Gasteiger partial charge >= 0.3 is 0 Å². The summed E-state index contributed by atoms with van der Waals surface area (Å²) >= 11 is 0. The molecule has 0 aliphatic heterocycles. The van der Waals surface area contributed by atoms with E-state index in [0.29, 0.717) is 5.41 Å². The predicted molar refractivity (Wildman–Crippen MR) is 66.5 cm³/mol. The molecule has 4 rings (SSSR count). The van der Waals surface area contributed by atoms with Crippen LogP contribution < -0.4 is 0 Å². The molecular formula is C16H20. The highest BCUT2D eigenvalue weighted by Crippen LogP contribution is 2.64. The van der Waals surface area contributed by atoms with Crippen LogP contribution in [-0.4, -0.2) is 0 Å². The van der Waals surface area contributed by atoms with Crippen LogP contribution in [0.2, 0.25) is 0 Å². The summed E-state index contributed by atoms with van der Waals surface area (Å²) in [5.41, 5.74) is 4.03. The Bertz CT molecular complexity index is 416. The maximum absolute atomic E-state index is 2.41. The fraction of sp³-hybridized carbons (Fsp3) is 0.625.